The van der Waals surface area contributed by atoms with E-state index in [9.17, 15) is 23.1 Å². The Balaban J connectivity index is 1.67. The van der Waals surface area contributed by atoms with Crippen molar-refractivity contribution < 1.29 is 27.8 Å². The topological polar surface area (TPSA) is 70.9 Å². The van der Waals surface area contributed by atoms with Gasteiger partial charge in [-0.1, -0.05) is 32.0 Å². The average Bonchev–Trinajstić information content (AvgIpc) is 3.53. The summed E-state index contributed by atoms with van der Waals surface area (Å²) >= 11 is 0. The van der Waals surface area contributed by atoms with Crippen LogP contribution in [0.4, 0.5) is 13.2 Å². The molecule has 1 amide bonds. The fraction of sp³-hybridized carbons (Fsp3) is 0.391. The number of phenols is 1. The van der Waals surface area contributed by atoms with Crippen LogP contribution < -0.4 is 10.1 Å². The number of benzene rings is 2. The van der Waals surface area contributed by atoms with Crippen LogP contribution in [0.15, 0.2) is 47.5 Å². The minimum Gasteiger partial charge on any atom is -0.508 e. The molecule has 0 radical (unpaired) electrons. The lowest BCUT2D eigenvalue weighted by atomic mass is 10.0. The minimum absolute atomic E-state index is 0.00365. The van der Waals surface area contributed by atoms with Crippen LogP contribution >= 0.6 is 0 Å². The quantitative estimate of drug-likeness (QED) is 0.602. The Labute approximate surface area is 179 Å². The van der Waals surface area contributed by atoms with Crippen LogP contribution in [0.3, 0.4) is 0 Å². The van der Waals surface area contributed by atoms with Gasteiger partial charge < -0.3 is 15.2 Å². The summed E-state index contributed by atoms with van der Waals surface area (Å²) < 4.78 is 46.1. The molecule has 3 rings (SSSR count). The molecule has 2 aromatic rings. The third kappa shape index (κ3) is 6.47. The molecule has 2 aromatic carbocycles. The largest absolute Gasteiger partial charge is 0.508 e. The van der Waals surface area contributed by atoms with Crippen molar-refractivity contribution in [1.82, 2.24) is 5.32 Å². The number of hydrogen-bond acceptors (Lipinski definition) is 4. The Hall–Kier alpha value is -3.03. The maximum atomic E-state index is 13.5. The van der Waals surface area contributed by atoms with Gasteiger partial charge in [-0.05, 0) is 54.2 Å². The zero-order valence-electron chi connectivity index (χ0n) is 17.3. The molecule has 0 bridgehead atoms. The number of amides is 1. The molecule has 0 aliphatic carbocycles. The number of rotatable bonds is 9. The van der Waals surface area contributed by atoms with Gasteiger partial charge in [-0.25, -0.2) is 0 Å². The van der Waals surface area contributed by atoms with E-state index in [-0.39, 0.29) is 28.9 Å². The van der Waals surface area contributed by atoms with E-state index in [1.165, 1.54) is 18.3 Å². The van der Waals surface area contributed by atoms with E-state index in [1.54, 1.807) is 24.3 Å². The Morgan fingerprint density at radius 3 is 2.45 bits per heavy atom. The van der Waals surface area contributed by atoms with Crippen LogP contribution in [-0.4, -0.2) is 29.9 Å². The van der Waals surface area contributed by atoms with E-state index in [4.69, 9.17) is 4.74 Å². The number of hydrogen-bond donors (Lipinski definition) is 2. The van der Waals surface area contributed by atoms with E-state index in [2.05, 4.69) is 10.3 Å². The van der Waals surface area contributed by atoms with Gasteiger partial charge in [0, 0.05) is 12.8 Å². The second-order valence-electron chi connectivity index (χ2n) is 7.93. The lowest BCUT2D eigenvalue weighted by Gasteiger charge is -2.22. The molecule has 0 saturated heterocycles. The molecule has 0 aromatic heterocycles. The van der Waals surface area contributed by atoms with E-state index in [0.717, 1.165) is 11.6 Å². The first kappa shape index (κ1) is 22.7. The highest BCUT2D eigenvalue weighted by Crippen LogP contribution is 2.40. The maximum absolute atomic E-state index is 13.5. The van der Waals surface area contributed by atoms with Crippen LogP contribution in [0.5, 0.6) is 11.5 Å². The third-order valence-electron chi connectivity index (χ3n) is 4.85. The molecule has 5 nitrogen and oxygen atoms in total. The molecule has 1 aliphatic rings. The van der Waals surface area contributed by atoms with Crippen LogP contribution in [0, 0.1) is 5.92 Å². The van der Waals surface area contributed by atoms with Gasteiger partial charge in [0.15, 0.2) is 6.10 Å². The molecule has 1 heterocycles. The SMILES string of the molecule is CC(C)CC(Oc1ccc(C2C=N2)c(C(F)(F)F)c1)C(=O)NCCc1ccc(O)cc1. The number of carbonyl (C=O) groups excluding carboxylic acids is 1. The van der Waals surface area contributed by atoms with E-state index >= 15 is 0 Å². The zero-order valence-corrected chi connectivity index (χ0v) is 17.3. The summed E-state index contributed by atoms with van der Waals surface area (Å²) in [6, 6.07) is 9.84. The van der Waals surface area contributed by atoms with Gasteiger partial charge in [-0.15, -0.1) is 0 Å². The minimum atomic E-state index is -4.54. The summed E-state index contributed by atoms with van der Waals surface area (Å²) in [6.45, 7) is 4.16. The Bertz CT molecular complexity index is 934. The molecule has 1 aliphatic heterocycles. The van der Waals surface area contributed by atoms with Gasteiger partial charge in [-0.3, -0.25) is 9.79 Å². The molecular formula is C23H25F3N2O3. The molecule has 2 unspecified atom stereocenters. The van der Waals surface area contributed by atoms with Gasteiger partial charge in [0.1, 0.15) is 17.5 Å². The summed E-state index contributed by atoms with van der Waals surface area (Å²) in [4.78, 5) is 16.5. The molecular weight excluding hydrogens is 409 g/mol. The lowest BCUT2D eigenvalue weighted by Crippen LogP contribution is -2.40. The van der Waals surface area contributed by atoms with Gasteiger partial charge in [0.05, 0.1) is 5.56 Å². The van der Waals surface area contributed by atoms with Crippen molar-refractivity contribution in [2.75, 3.05) is 6.54 Å². The third-order valence-corrected chi connectivity index (χ3v) is 4.85. The van der Waals surface area contributed by atoms with Gasteiger partial charge in [-0.2, -0.15) is 13.2 Å². The molecule has 2 N–H and O–H groups in total. The molecule has 0 spiro atoms. The highest BCUT2D eigenvalue weighted by atomic mass is 19.4. The van der Waals surface area contributed by atoms with Crippen LogP contribution in [0.25, 0.3) is 0 Å². The van der Waals surface area contributed by atoms with Crippen molar-refractivity contribution in [3.63, 3.8) is 0 Å². The van der Waals surface area contributed by atoms with Crippen molar-refractivity contribution in [3.05, 3.63) is 59.2 Å². The fourth-order valence-electron chi connectivity index (χ4n) is 3.22. The Morgan fingerprint density at radius 1 is 1.19 bits per heavy atom. The summed E-state index contributed by atoms with van der Waals surface area (Å²) in [7, 11) is 0. The zero-order chi connectivity index (χ0) is 22.6. The van der Waals surface area contributed by atoms with Crippen molar-refractivity contribution in [3.8, 4) is 11.5 Å². The lowest BCUT2D eigenvalue weighted by molar-refractivity contribution is -0.138. The number of aliphatic imine (C=N–C) groups is 1. The monoisotopic (exact) mass is 434 g/mol. The van der Waals surface area contributed by atoms with Crippen molar-refractivity contribution in [2.24, 2.45) is 10.9 Å². The molecule has 8 heteroatoms. The summed E-state index contributed by atoms with van der Waals surface area (Å²) in [5.74, 6) is -0.114. The number of phenolic OH excluding ortho intramolecular Hbond substituents is 1. The van der Waals surface area contributed by atoms with Gasteiger partial charge in [0.25, 0.3) is 5.91 Å². The van der Waals surface area contributed by atoms with Gasteiger partial charge >= 0.3 is 6.18 Å². The number of nitrogens with zero attached hydrogens (tertiary/aromatic N) is 1. The van der Waals surface area contributed by atoms with E-state index in [0.29, 0.717) is 19.4 Å². The second-order valence-corrected chi connectivity index (χ2v) is 7.93. The van der Waals surface area contributed by atoms with Crippen LogP contribution in [0.2, 0.25) is 0 Å². The van der Waals surface area contributed by atoms with Crippen LogP contribution in [-0.2, 0) is 17.4 Å². The number of ether oxygens (including phenoxy) is 1. The smallest absolute Gasteiger partial charge is 0.416 e. The maximum Gasteiger partial charge on any atom is 0.416 e. The number of halogens is 3. The predicted molar refractivity (Wildman–Crippen MR) is 111 cm³/mol. The summed E-state index contributed by atoms with van der Waals surface area (Å²) in [5.41, 5.74) is 0.217. The first-order valence-electron chi connectivity index (χ1n) is 10.1. The molecule has 2 atom stereocenters. The average molecular weight is 434 g/mol. The number of alkyl halides is 3. The normalized spacial score (nSPS) is 16.3. The molecule has 31 heavy (non-hydrogen) atoms. The number of aromatic hydroxyl groups is 1. The first-order valence-corrected chi connectivity index (χ1v) is 10.1. The number of nitrogens with one attached hydrogen (secondary N) is 1. The Kier molecular flexibility index (Phi) is 6.87. The van der Waals surface area contributed by atoms with E-state index in [1.807, 2.05) is 13.8 Å². The first-order chi connectivity index (χ1) is 14.6. The van der Waals surface area contributed by atoms with Gasteiger partial charge in [0.2, 0.25) is 0 Å². The number of carbonyl (C=O) groups is 1. The molecule has 0 fully saturated rings. The van der Waals surface area contributed by atoms with E-state index < -0.39 is 23.9 Å². The second kappa shape index (κ2) is 9.41. The van der Waals surface area contributed by atoms with Crippen LogP contribution in [0.1, 0.15) is 43.0 Å². The van der Waals surface area contributed by atoms with Crippen molar-refractivity contribution in [1.29, 1.82) is 0 Å². The predicted octanol–water partition coefficient (Wildman–Crippen LogP) is 4.69. The van der Waals surface area contributed by atoms with Crippen molar-refractivity contribution in [2.45, 2.75) is 45.0 Å². The highest BCUT2D eigenvalue weighted by molar-refractivity contribution is 5.81. The summed E-state index contributed by atoms with van der Waals surface area (Å²) in [5, 5.41) is 12.1. The highest BCUT2D eigenvalue weighted by Gasteiger charge is 2.37. The summed E-state index contributed by atoms with van der Waals surface area (Å²) in [6.07, 6.45) is -3.09. The molecule has 0 saturated carbocycles. The van der Waals surface area contributed by atoms with Crippen molar-refractivity contribution >= 4 is 12.1 Å². The molecule has 166 valence electrons. The standard InChI is InChI=1S/C23H25F3N2O3/c1-14(2)11-21(22(30)27-10-9-15-3-5-16(29)6-4-15)31-17-7-8-18(20-13-28-20)19(12-17)23(24,25)26/h3-8,12-14,20-21,29H,9-11H2,1-2H3,(H,27,30). The fourth-order valence-corrected chi connectivity index (χ4v) is 3.22. The Morgan fingerprint density at radius 2 is 1.87 bits per heavy atom.